The highest BCUT2D eigenvalue weighted by Crippen LogP contribution is 2.25. The second-order valence-electron chi connectivity index (χ2n) is 5.89. The highest BCUT2D eigenvalue weighted by atomic mass is 35.5. The van der Waals surface area contributed by atoms with Crippen molar-refractivity contribution in [2.24, 2.45) is 0 Å². The van der Waals surface area contributed by atoms with Gasteiger partial charge in [0.25, 0.3) is 0 Å². The third-order valence-corrected chi connectivity index (χ3v) is 5.63. The van der Waals surface area contributed by atoms with Crippen molar-refractivity contribution >= 4 is 56.5 Å². The van der Waals surface area contributed by atoms with Gasteiger partial charge in [0.2, 0.25) is 15.9 Å². The minimum atomic E-state index is -3.77. The van der Waals surface area contributed by atoms with E-state index in [-0.39, 0.29) is 16.3 Å². The molecule has 28 heavy (non-hydrogen) atoms. The molecule has 0 unspecified atom stereocenters. The zero-order valence-corrected chi connectivity index (χ0v) is 17.6. The number of hydrogen-bond acceptors (Lipinski definition) is 5. The quantitative estimate of drug-likeness (QED) is 0.687. The van der Waals surface area contributed by atoms with Gasteiger partial charge in [-0.2, -0.15) is 0 Å². The van der Waals surface area contributed by atoms with E-state index in [1.165, 1.54) is 56.5 Å². The fourth-order valence-electron chi connectivity index (χ4n) is 2.51. The molecule has 10 heteroatoms. The lowest BCUT2D eigenvalue weighted by Gasteiger charge is -2.28. The third kappa shape index (κ3) is 5.15. The van der Waals surface area contributed by atoms with E-state index in [0.717, 1.165) is 10.6 Å². The Morgan fingerprint density at radius 3 is 2.25 bits per heavy atom. The Kier molecular flexibility index (Phi) is 6.92. The number of carbonyl (C=O) groups excluding carboxylic acids is 2. The molecule has 0 radical (unpaired) electrons. The number of rotatable bonds is 6. The number of nitrogens with one attached hydrogen (secondary N) is 1. The molecule has 0 aliphatic rings. The van der Waals surface area contributed by atoms with Gasteiger partial charge in [0.15, 0.2) is 0 Å². The summed E-state index contributed by atoms with van der Waals surface area (Å²) in [6, 6.07) is 9.27. The first-order valence-corrected chi connectivity index (χ1v) is 10.6. The zero-order valence-electron chi connectivity index (χ0n) is 15.3. The average Bonchev–Trinajstić information content (AvgIpc) is 2.63. The number of hydrogen-bond donors (Lipinski definition) is 1. The Morgan fingerprint density at radius 1 is 1.11 bits per heavy atom. The summed E-state index contributed by atoms with van der Waals surface area (Å²) in [4.78, 5) is 24.4. The Labute approximate surface area is 173 Å². The van der Waals surface area contributed by atoms with Crippen molar-refractivity contribution in [1.29, 1.82) is 0 Å². The molecule has 0 bridgehead atoms. The van der Waals surface area contributed by atoms with Crippen molar-refractivity contribution in [3.8, 4) is 0 Å². The predicted octanol–water partition coefficient (Wildman–Crippen LogP) is 3.57. The SMILES string of the molecule is COC(=O)c1cc(NC(=O)[C@@H](C)N(c2ccc(Cl)cc2)S(C)(=O)=O)ccc1Cl. The number of ether oxygens (including phenoxy) is 1. The molecular formula is C18H18Cl2N2O5S. The maximum atomic E-state index is 12.7. The summed E-state index contributed by atoms with van der Waals surface area (Å²) in [5.41, 5.74) is 0.638. The molecule has 2 rings (SSSR count). The summed E-state index contributed by atoms with van der Waals surface area (Å²) in [5.74, 6) is -1.26. The predicted molar refractivity (Wildman–Crippen MR) is 110 cm³/mol. The fourth-order valence-corrected chi connectivity index (χ4v) is 4.01. The van der Waals surface area contributed by atoms with Crippen LogP contribution in [0, 0.1) is 0 Å². The Hall–Kier alpha value is -2.29. The number of esters is 1. The van der Waals surface area contributed by atoms with Gasteiger partial charge in [-0.15, -0.1) is 0 Å². The standard InChI is InChI=1S/C18H18Cl2N2O5S/c1-11(22(28(3,25)26)14-7-4-12(19)5-8-14)17(23)21-13-6-9-16(20)15(10-13)18(24)27-2/h4-11H,1-3H3,(H,21,23)/t11-/m1/s1. The number of halogens is 2. The van der Waals surface area contributed by atoms with E-state index >= 15 is 0 Å². The first kappa shape index (κ1) is 22.0. The Bertz CT molecular complexity index is 994. The maximum absolute atomic E-state index is 12.7. The Balaban J connectivity index is 2.31. The largest absolute Gasteiger partial charge is 0.465 e. The van der Waals surface area contributed by atoms with Crippen molar-refractivity contribution in [2.75, 3.05) is 23.0 Å². The highest BCUT2D eigenvalue weighted by Gasteiger charge is 2.29. The van der Waals surface area contributed by atoms with E-state index in [1.54, 1.807) is 0 Å². The van der Waals surface area contributed by atoms with Crippen LogP contribution < -0.4 is 9.62 Å². The van der Waals surface area contributed by atoms with Crippen LogP contribution in [0.15, 0.2) is 42.5 Å². The molecule has 1 atom stereocenters. The number of anilines is 2. The van der Waals surface area contributed by atoms with Gasteiger partial charge in [0.1, 0.15) is 6.04 Å². The van der Waals surface area contributed by atoms with Crippen LogP contribution in [0.25, 0.3) is 0 Å². The zero-order chi connectivity index (χ0) is 21.1. The summed E-state index contributed by atoms with van der Waals surface area (Å²) in [6.07, 6.45) is 1.00. The molecule has 2 aromatic rings. The van der Waals surface area contributed by atoms with Crippen LogP contribution in [-0.4, -0.2) is 39.7 Å². The van der Waals surface area contributed by atoms with Crippen molar-refractivity contribution in [1.82, 2.24) is 0 Å². The number of benzene rings is 2. The topological polar surface area (TPSA) is 92.8 Å². The molecule has 0 saturated heterocycles. The molecule has 0 spiro atoms. The molecule has 0 saturated carbocycles. The van der Waals surface area contributed by atoms with Crippen molar-refractivity contribution in [3.05, 3.63) is 58.1 Å². The Morgan fingerprint density at radius 2 is 1.71 bits per heavy atom. The molecule has 2 aromatic carbocycles. The molecule has 7 nitrogen and oxygen atoms in total. The minimum absolute atomic E-state index is 0.0762. The monoisotopic (exact) mass is 444 g/mol. The number of amides is 1. The molecule has 0 aliphatic carbocycles. The lowest BCUT2D eigenvalue weighted by molar-refractivity contribution is -0.116. The molecule has 0 aromatic heterocycles. The van der Waals surface area contributed by atoms with E-state index < -0.39 is 27.9 Å². The normalized spacial score (nSPS) is 12.2. The van der Waals surface area contributed by atoms with Gasteiger partial charge in [-0.05, 0) is 49.4 Å². The van der Waals surface area contributed by atoms with Crippen LogP contribution in [0.4, 0.5) is 11.4 Å². The van der Waals surface area contributed by atoms with Gasteiger partial charge in [0, 0.05) is 10.7 Å². The van der Waals surface area contributed by atoms with E-state index in [1.807, 2.05) is 0 Å². The van der Waals surface area contributed by atoms with E-state index in [0.29, 0.717) is 10.7 Å². The minimum Gasteiger partial charge on any atom is -0.465 e. The molecule has 0 aliphatic heterocycles. The number of carbonyl (C=O) groups is 2. The molecule has 150 valence electrons. The molecule has 0 fully saturated rings. The summed E-state index contributed by atoms with van der Waals surface area (Å²) < 4.78 is 30.2. The molecule has 1 amide bonds. The van der Waals surface area contributed by atoms with E-state index in [9.17, 15) is 18.0 Å². The van der Waals surface area contributed by atoms with Crippen molar-refractivity contribution in [2.45, 2.75) is 13.0 Å². The smallest absolute Gasteiger partial charge is 0.339 e. The first-order valence-electron chi connectivity index (χ1n) is 7.98. The van der Waals surface area contributed by atoms with Gasteiger partial charge in [-0.25, -0.2) is 13.2 Å². The van der Waals surface area contributed by atoms with Crippen LogP contribution in [0.5, 0.6) is 0 Å². The van der Waals surface area contributed by atoms with Crippen LogP contribution in [-0.2, 0) is 19.6 Å². The van der Waals surface area contributed by atoms with Crippen molar-refractivity contribution < 1.29 is 22.7 Å². The van der Waals surface area contributed by atoms with E-state index in [2.05, 4.69) is 10.1 Å². The van der Waals surface area contributed by atoms with Crippen LogP contribution in [0.2, 0.25) is 10.0 Å². The highest BCUT2D eigenvalue weighted by molar-refractivity contribution is 7.92. The number of methoxy groups -OCH3 is 1. The fraction of sp³-hybridized carbons (Fsp3) is 0.222. The van der Waals surface area contributed by atoms with Gasteiger partial charge in [0.05, 0.1) is 29.6 Å². The summed E-state index contributed by atoms with van der Waals surface area (Å²) in [6.45, 7) is 1.45. The van der Waals surface area contributed by atoms with Crippen LogP contribution in [0.3, 0.4) is 0 Å². The lowest BCUT2D eigenvalue weighted by Crippen LogP contribution is -2.45. The first-order chi connectivity index (χ1) is 13.0. The third-order valence-electron chi connectivity index (χ3n) is 3.81. The van der Waals surface area contributed by atoms with Gasteiger partial charge in [-0.3, -0.25) is 9.10 Å². The maximum Gasteiger partial charge on any atom is 0.339 e. The molecular weight excluding hydrogens is 427 g/mol. The summed E-state index contributed by atoms with van der Waals surface area (Å²) in [5, 5.41) is 3.18. The number of nitrogens with zero attached hydrogens (tertiary/aromatic N) is 1. The molecule has 1 N–H and O–H groups in total. The average molecular weight is 445 g/mol. The van der Waals surface area contributed by atoms with Crippen molar-refractivity contribution in [3.63, 3.8) is 0 Å². The van der Waals surface area contributed by atoms with Gasteiger partial charge < -0.3 is 10.1 Å². The summed E-state index contributed by atoms with van der Waals surface area (Å²) in [7, 11) is -2.56. The number of sulfonamides is 1. The summed E-state index contributed by atoms with van der Waals surface area (Å²) >= 11 is 11.8. The van der Waals surface area contributed by atoms with Crippen LogP contribution in [0.1, 0.15) is 17.3 Å². The van der Waals surface area contributed by atoms with Gasteiger partial charge in [-0.1, -0.05) is 23.2 Å². The lowest BCUT2D eigenvalue weighted by atomic mass is 10.2. The van der Waals surface area contributed by atoms with Gasteiger partial charge >= 0.3 is 5.97 Å². The second-order valence-corrected chi connectivity index (χ2v) is 8.59. The van der Waals surface area contributed by atoms with E-state index in [4.69, 9.17) is 23.2 Å². The second kappa shape index (κ2) is 8.81. The van der Waals surface area contributed by atoms with Crippen LogP contribution >= 0.6 is 23.2 Å². The molecule has 0 heterocycles.